The van der Waals surface area contributed by atoms with Crippen LogP contribution in [0.5, 0.6) is 0 Å². The molecule has 0 bridgehead atoms. The van der Waals surface area contributed by atoms with Gasteiger partial charge in [0.15, 0.2) is 10.4 Å². The van der Waals surface area contributed by atoms with E-state index in [-0.39, 0.29) is 0 Å². The van der Waals surface area contributed by atoms with E-state index in [1.165, 1.54) is 25.7 Å². The van der Waals surface area contributed by atoms with Crippen LogP contribution >= 0.6 is 12.2 Å². The molecule has 0 aromatic carbocycles. The Hall–Kier alpha value is -1.10. The van der Waals surface area contributed by atoms with Gasteiger partial charge < -0.3 is 9.55 Å². The molecule has 1 aliphatic carbocycles. The molecule has 2 aromatic heterocycles. The van der Waals surface area contributed by atoms with Gasteiger partial charge in [-0.15, -0.1) is 0 Å². The van der Waals surface area contributed by atoms with Gasteiger partial charge in [-0.3, -0.25) is 4.68 Å². The zero-order valence-electron chi connectivity index (χ0n) is 11.3. The number of aryl methyl sites for hydroxylation is 2. The van der Waals surface area contributed by atoms with Crippen LogP contribution in [-0.2, 0) is 13.6 Å². The summed E-state index contributed by atoms with van der Waals surface area (Å²) in [7, 11) is 1.99. The molecule has 4 nitrogen and oxygen atoms in total. The molecule has 5 heteroatoms. The Balaban J connectivity index is 2.11. The van der Waals surface area contributed by atoms with Crippen molar-refractivity contribution in [3.8, 4) is 0 Å². The first-order chi connectivity index (χ1) is 8.50. The molecule has 0 saturated heterocycles. The van der Waals surface area contributed by atoms with Crippen molar-refractivity contribution in [2.24, 2.45) is 12.5 Å². The highest BCUT2D eigenvalue weighted by atomic mass is 32.1. The fourth-order valence-electron chi connectivity index (χ4n) is 3.29. The second kappa shape index (κ2) is 3.95. The topological polar surface area (TPSA) is 38.5 Å². The summed E-state index contributed by atoms with van der Waals surface area (Å²) in [4.78, 5) is 3.30. The van der Waals surface area contributed by atoms with Crippen LogP contribution in [0.15, 0.2) is 0 Å². The number of imidazole rings is 1. The van der Waals surface area contributed by atoms with Crippen molar-refractivity contribution in [1.29, 1.82) is 0 Å². The first-order valence-electron chi connectivity index (χ1n) is 6.62. The number of aromatic amines is 1. The zero-order valence-corrected chi connectivity index (χ0v) is 12.1. The summed E-state index contributed by atoms with van der Waals surface area (Å²) < 4.78 is 5.00. The van der Waals surface area contributed by atoms with Crippen LogP contribution in [0.4, 0.5) is 0 Å². The molecule has 98 valence electrons. The van der Waals surface area contributed by atoms with E-state index >= 15 is 0 Å². The number of rotatable bonds is 2. The van der Waals surface area contributed by atoms with E-state index in [2.05, 4.69) is 21.6 Å². The summed E-state index contributed by atoms with van der Waals surface area (Å²) in [5, 5.41) is 4.47. The second-order valence-electron chi connectivity index (χ2n) is 5.94. The van der Waals surface area contributed by atoms with E-state index in [0.717, 1.165) is 28.2 Å². The van der Waals surface area contributed by atoms with Crippen molar-refractivity contribution in [1.82, 2.24) is 19.3 Å². The highest BCUT2D eigenvalue weighted by molar-refractivity contribution is 7.71. The second-order valence-corrected chi connectivity index (χ2v) is 6.33. The zero-order chi connectivity index (χ0) is 12.9. The Morgan fingerprint density at radius 1 is 1.39 bits per heavy atom. The first kappa shape index (κ1) is 12.0. The minimum absolute atomic E-state index is 0.394. The van der Waals surface area contributed by atoms with Crippen molar-refractivity contribution >= 4 is 23.4 Å². The quantitative estimate of drug-likeness (QED) is 0.845. The van der Waals surface area contributed by atoms with Crippen molar-refractivity contribution < 1.29 is 0 Å². The van der Waals surface area contributed by atoms with Crippen molar-refractivity contribution in [2.75, 3.05) is 0 Å². The summed E-state index contributed by atoms with van der Waals surface area (Å²) in [6, 6.07) is 0. The third kappa shape index (κ3) is 1.72. The van der Waals surface area contributed by atoms with E-state index in [1.807, 2.05) is 18.7 Å². The molecule has 1 fully saturated rings. The van der Waals surface area contributed by atoms with E-state index in [4.69, 9.17) is 12.2 Å². The summed E-state index contributed by atoms with van der Waals surface area (Å²) in [6.07, 6.45) is 5.31. The highest BCUT2D eigenvalue weighted by Gasteiger charge is 2.30. The Morgan fingerprint density at radius 3 is 2.72 bits per heavy atom. The smallest absolute Gasteiger partial charge is 0.179 e. The molecule has 0 amide bonds. The molecule has 2 aromatic rings. The SMILES string of the molecule is Cc1nn(C)c2c1[nH]c(=S)n2CC1(C)CCCC1. The molecule has 0 spiro atoms. The summed E-state index contributed by atoms with van der Waals surface area (Å²) in [6.45, 7) is 5.41. The van der Waals surface area contributed by atoms with Gasteiger partial charge in [0, 0.05) is 13.6 Å². The first-order valence-corrected chi connectivity index (χ1v) is 7.03. The average Bonchev–Trinajstić information content (AvgIpc) is 2.91. The lowest BCUT2D eigenvalue weighted by Gasteiger charge is -2.24. The number of hydrogen-bond donors (Lipinski definition) is 1. The number of nitrogens with one attached hydrogen (secondary N) is 1. The van der Waals surface area contributed by atoms with Gasteiger partial charge in [-0.2, -0.15) is 5.10 Å². The van der Waals surface area contributed by atoms with Gasteiger partial charge in [0.1, 0.15) is 5.52 Å². The monoisotopic (exact) mass is 264 g/mol. The van der Waals surface area contributed by atoms with Crippen LogP contribution in [0.1, 0.15) is 38.3 Å². The van der Waals surface area contributed by atoms with Crippen LogP contribution in [0.2, 0.25) is 0 Å². The van der Waals surface area contributed by atoms with Crippen LogP contribution in [0.3, 0.4) is 0 Å². The number of aromatic nitrogens is 4. The molecule has 0 unspecified atom stereocenters. The van der Waals surface area contributed by atoms with E-state index in [1.54, 1.807) is 0 Å². The molecule has 0 radical (unpaired) electrons. The fraction of sp³-hybridized carbons (Fsp3) is 0.692. The van der Waals surface area contributed by atoms with E-state index < -0.39 is 0 Å². The van der Waals surface area contributed by atoms with E-state index in [9.17, 15) is 0 Å². The van der Waals surface area contributed by atoms with Crippen LogP contribution in [-0.4, -0.2) is 19.3 Å². The molecule has 18 heavy (non-hydrogen) atoms. The highest BCUT2D eigenvalue weighted by Crippen LogP contribution is 2.39. The normalized spacial score (nSPS) is 18.8. The lowest BCUT2D eigenvalue weighted by atomic mass is 9.89. The Bertz CT molecular complexity index is 640. The van der Waals surface area contributed by atoms with Gasteiger partial charge in [-0.1, -0.05) is 19.8 Å². The maximum Gasteiger partial charge on any atom is 0.179 e. The van der Waals surface area contributed by atoms with Gasteiger partial charge in [-0.05, 0) is 37.4 Å². The molecule has 1 N–H and O–H groups in total. The average molecular weight is 264 g/mol. The molecule has 3 rings (SSSR count). The summed E-state index contributed by atoms with van der Waals surface area (Å²) in [5.74, 6) is 0. The maximum atomic E-state index is 5.48. The Labute approximate surface area is 112 Å². The third-order valence-corrected chi connectivity index (χ3v) is 4.60. The third-order valence-electron chi connectivity index (χ3n) is 4.28. The van der Waals surface area contributed by atoms with Gasteiger partial charge >= 0.3 is 0 Å². The Morgan fingerprint density at radius 2 is 2.06 bits per heavy atom. The molecule has 2 heterocycles. The van der Waals surface area contributed by atoms with Crippen molar-refractivity contribution in [3.05, 3.63) is 10.5 Å². The predicted molar refractivity (Wildman–Crippen MR) is 75.2 cm³/mol. The van der Waals surface area contributed by atoms with Gasteiger partial charge in [0.25, 0.3) is 0 Å². The van der Waals surface area contributed by atoms with Crippen LogP contribution in [0.25, 0.3) is 11.2 Å². The molecule has 1 aliphatic rings. The predicted octanol–water partition coefficient (Wildman–Crippen LogP) is 3.32. The fourth-order valence-corrected chi connectivity index (χ4v) is 3.54. The standard InChI is InChI=1S/C13H20N4S/c1-9-10-11(16(3)15-9)17(12(18)14-10)8-13(2)6-4-5-7-13/h4-8H2,1-3H3,(H,14,18). The summed E-state index contributed by atoms with van der Waals surface area (Å²) in [5.41, 5.74) is 3.63. The van der Waals surface area contributed by atoms with Crippen molar-refractivity contribution in [3.63, 3.8) is 0 Å². The molecule has 0 aliphatic heterocycles. The van der Waals surface area contributed by atoms with Gasteiger partial charge in [-0.25, -0.2) is 0 Å². The molecule has 0 atom stereocenters. The Kier molecular flexibility index (Phi) is 2.62. The number of H-pyrrole nitrogens is 1. The number of hydrogen-bond acceptors (Lipinski definition) is 2. The lowest BCUT2D eigenvalue weighted by Crippen LogP contribution is -2.20. The van der Waals surface area contributed by atoms with Crippen LogP contribution in [0, 0.1) is 17.1 Å². The number of nitrogens with zero attached hydrogens (tertiary/aromatic N) is 3. The maximum absolute atomic E-state index is 5.48. The van der Waals surface area contributed by atoms with Gasteiger partial charge in [0.2, 0.25) is 0 Å². The van der Waals surface area contributed by atoms with Gasteiger partial charge in [0.05, 0.1) is 5.69 Å². The minimum atomic E-state index is 0.394. The number of fused-ring (bicyclic) bond motifs is 1. The molecular formula is C13H20N4S. The lowest BCUT2D eigenvalue weighted by molar-refractivity contribution is 0.282. The minimum Gasteiger partial charge on any atom is -0.328 e. The van der Waals surface area contributed by atoms with E-state index in [0.29, 0.717) is 5.41 Å². The molecular weight excluding hydrogens is 244 g/mol. The largest absolute Gasteiger partial charge is 0.328 e. The molecule has 1 saturated carbocycles. The van der Waals surface area contributed by atoms with Crippen molar-refractivity contribution in [2.45, 2.75) is 46.1 Å². The van der Waals surface area contributed by atoms with Crippen LogP contribution < -0.4 is 0 Å². The summed E-state index contributed by atoms with van der Waals surface area (Å²) >= 11 is 5.48.